The number of carbonyl (C=O) groups excluding carboxylic acids is 1. The molecule has 0 radical (unpaired) electrons. The van der Waals surface area contributed by atoms with Crippen molar-refractivity contribution < 1.29 is 9.53 Å². The third-order valence-electron chi connectivity index (χ3n) is 3.59. The quantitative estimate of drug-likeness (QED) is 0.816. The Morgan fingerprint density at radius 2 is 2.00 bits per heavy atom. The van der Waals surface area contributed by atoms with E-state index in [0.29, 0.717) is 12.0 Å². The summed E-state index contributed by atoms with van der Waals surface area (Å²) in [5, 5.41) is 3.61. The maximum atomic E-state index is 12.0. The molecule has 124 valence electrons. The Morgan fingerprint density at radius 3 is 2.52 bits per heavy atom. The van der Waals surface area contributed by atoms with Gasteiger partial charge in [0.1, 0.15) is 5.60 Å². The Labute approximate surface area is 134 Å². The molecule has 21 heavy (non-hydrogen) atoms. The van der Waals surface area contributed by atoms with E-state index < -0.39 is 5.60 Å². The smallest absolute Gasteiger partial charge is 0.410 e. The minimum absolute atomic E-state index is 0.165. The van der Waals surface area contributed by atoms with Crippen molar-refractivity contribution in [1.29, 1.82) is 0 Å². The molecule has 0 aromatic rings. The summed E-state index contributed by atoms with van der Waals surface area (Å²) in [4.78, 5) is 13.8. The highest BCUT2D eigenvalue weighted by Crippen LogP contribution is 2.19. The minimum Gasteiger partial charge on any atom is -0.444 e. The van der Waals surface area contributed by atoms with E-state index in [9.17, 15) is 4.79 Å². The molecule has 1 amide bonds. The van der Waals surface area contributed by atoms with E-state index in [-0.39, 0.29) is 6.09 Å². The van der Waals surface area contributed by atoms with E-state index in [1.165, 1.54) is 11.5 Å². The summed E-state index contributed by atoms with van der Waals surface area (Å²) in [5.41, 5.74) is -0.401. The maximum absolute atomic E-state index is 12.0. The molecule has 1 N–H and O–H groups in total. The van der Waals surface area contributed by atoms with Crippen LogP contribution in [0.1, 0.15) is 47.5 Å². The number of rotatable bonds is 6. The molecule has 0 aromatic heterocycles. The lowest BCUT2D eigenvalue weighted by atomic mass is 9.97. The maximum Gasteiger partial charge on any atom is 0.410 e. The molecule has 0 spiro atoms. The average molecular weight is 317 g/mol. The predicted molar refractivity (Wildman–Crippen MR) is 91.0 cm³/mol. The molecule has 5 heteroatoms. The van der Waals surface area contributed by atoms with Gasteiger partial charge in [0.2, 0.25) is 0 Å². The Balaban J connectivity index is 2.21. The van der Waals surface area contributed by atoms with Crippen LogP contribution in [-0.2, 0) is 4.74 Å². The van der Waals surface area contributed by atoms with Crippen molar-refractivity contribution in [3.8, 4) is 0 Å². The van der Waals surface area contributed by atoms with Gasteiger partial charge < -0.3 is 15.0 Å². The minimum atomic E-state index is -0.401. The van der Waals surface area contributed by atoms with E-state index in [1.807, 2.05) is 37.4 Å². The number of carbonyl (C=O) groups is 1. The third kappa shape index (κ3) is 7.96. The van der Waals surface area contributed by atoms with E-state index in [1.54, 1.807) is 0 Å². The number of ether oxygens (including phenoxy) is 1. The van der Waals surface area contributed by atoms with Crippen LogP contribution in [0, 0.1) is 5.92 Å². The number of likely N-dealkylation sites (tertiary alicyclic amines) is 1. The zero-order valence-corrected chi connectivity index (χ0v) is 15.1. The van der Waals surface area contributed by atoms with Gasteiger partial charge in [-0.15, -0.1) is 0 Å². The zero-order valence-electron chi connectivity index (χ0n) is 14.3. The van der Waals surface area contributed by atoms with Crippen molar-refractivity contribution in [2.75, 3.05) is 31.1 Å². The molecule has 1 unspecified atom stereocenters. The summed E-state index contributed by atoms with van der Waals surface area (Å²) in [5.74, 6) is 3.03. The van der Waals surface area contributed by atoms with Gasteiger partial charge in [-0.3, -0.25) is 0 Å². The van der Waals surface area contributed by atoms with E-state index in [0.717, 1.165) is 32.5 Å². The molecule has 0 saturated carbocycles. The highest BCUT2D eigenvalue weighted by molar-refractivity contribution is 7.99. The molecule has 0 aromatic carbocycles. The summed E-state index contributed by atoms with van der Waals surface area (Å²) in [6, 6.07) is 0.568. The number of piperidine rings is 1. The molecule has 1 heterocycles. The number of hydrogen-bond acceptors (Lipinski definition) is 4. The predicted octanol–water partition coefficient (Wildman–Crippen LogP) is 3.36. The van der Waals surface area contributed by atoms with Gasteiger partial charge in [-0.1, -0.05) is 6.92 Å². The standard InChI is InChI=1S/C16H32N2O2S/c1-6-21-12-13(2)17-11-14-7-9-18(10-8-14)15(19)20-16(3,4)5/h13-14,17H,6-12H2,1-5H3. The molecule has 1 atom stereocenters. The lowest BCUT2D eigenvalue weighted by molar-refractivity contribution is 0.0183. The first kappa shape index (κ1) is 18.6. The summed E-state index contributed by atoms with van der Waals surface area (Å²) in [6.07, 6.45) is 1.97. The van der Waals surface area contributed by atoms with Crippen molar-refractivity contribution in [3.05, 3.63) is 0 Å². The van der Waals surface area contributed by atoms with Crippen LogP contribution in [-0.4, -0.2) is 53.8 Å². The second-order valence-electron chi connectivity index (χ2n) is 6.88. The fourth-order valence-electron chi connectivity index (χ4n) is 2.37. The van der Waals surface area contributed by atoms with Crippen LogP contribution in [0.5, 0.6) is 0 Å². The van der Waals surface area contributed by atoms with Crippen molar-refractivity contribution in [2.24, 2.45) is 5.92 Å². The number of hydrogen-bond donors (Lipinski definition) is 1. The van der Waals surface area contributed by atoms with Gasteiger partial charge in [0.25, 0.3) is 0 Å². The van der Waals surface area contributed by atoms with Gasteiger partial charge in [0.05, 0.1) is 0 Å². The molecular weight excluding hydrogens is 284 g/mol. The molecule has 1 aliphatic heterocycles. The summed E-state index contributed by atoms with van der Waals surface area (Å²) < 4.78 is 5.42. The van der Waals surface area contributed by atoms with Crippen LogP contribution in [0.15, 0.2) is 0 Å². The lowest BCUT2D eigenvalue weighted by Crippen LogP contribution is -2.44. The van der Waals surface area contributed by atoms with Crippen molar-refractivity contribution in [1.82, 2.24) is 10.2 Å². The number of nitrogens with zero attached hydrogens (tertiary/aromatic N) is 1. The van der Waals surface area contributed by atoms with Crippen molar-refractivity contribution >= 4 is 17.9 Å². The second-order valence-corrected chi connectivity index (χ2v) is 8.20. The Bertz CT molecular complexity index is 310. The first-order chi connectivity index (χ1) is 9.81. The van der Waals surface area contributed by atoms with Gasteiger partial charge in [0.15, 0.2) is 0 Å². The van der Waals surface area contributed by atoms with Gasteiger partial charge in [-0.2, -0.15) is 11.8 Å². The van der Waals surface area contributed by atoms with E-state index >= 15 is 0 Å². The third-order valence-corrected chi connectivity index (χ3v) is 4.74. The highest BCUT2D eigenvalue weighted by Gasteiger charge is 2.26. The molecular formula is C16H32N2O2S. The topological polar surface area (TPSA) is 41.6 Å². The average Bonchev–Trinajstić information content (AvgIpc) is 2.41. The molecule has 1 rings (SSSR count). The first-order valence-corrected chi connectivity index (χ1v) is 9.26. The molecule has 1 fully saturated rings. The fourth-order valence-corrected chi connectivity index (χ4v) is 3.07. The molecule has 4 nitrogen and oxygen atoms in total. The number of thioether (sulfide) groups is 1. The Hall–Kier alpha value is -0.420. The molecule has 0 bridgehead atoms. The van der Waals surface area contributed by atoms with Gasteiger partial charge >= 0.3 is 6.09 Å². The van der Waals surface area contributed by atoms with Gasteiger partial charge in [-0.05, 0) is 58.8 Å². The largest absolute Gasteiger partial charge is 0.444 e. The lowest BCUT2D eigenvalue weighted by Gasteiger charge is -2.34. The zero-order chi connectivity index (χ0) is 15.9. The second kappa shape index (κ2) is 8.89. The Kier molecular flexibility index (Phi) is 7.88. The van der Waals surface area contributed by atoms with Gasteiger partial charge in [-0.25, -0.2) is 4.79 Å². The SMILES string of the molecule is CCSCC(C)NCC1CCN(C(=O)OC(C)(C)C)CC1. The number of amides is 1. The molecule has 0 aliphatic carbocycles. The Morgan fingerprint density at radius 1 is 1.38 bits per heavy atom. The first-order valence-electron chi connectivity index (χ1n) is 8.11. The van der Waals surface area contributed by atoms with E-state index in [2.05, 4.69) is 19.2 Å². The summed E-state index contributed by atoms with van der Waals surface area (Å²) >= 11 is 1.98. The van der Waals surface area contributed by atoms with Crippen molar-refractivity contribution in [3.63, 3.8) is 0 Å². The summed E-state index contributed by atoms with van der Waals surface area (Å²) in [7, 11) is 0. The van der Waals surface area contributed by atoms with Crippen LogP contribution in [0.25, 0.3) is 0 Å². The monoisotopic (exact) mass is 316 g/mol. The van der Waals surface area contributed by atoms with Crippen LogP contribution in [0.3, 0.4) is 0 Å². The van der Waals surface area contributed by atoms with E-state index in [4.69, 9.17) is 4.74 Å². The highest BCUT2D eigenvalue weighted by atomic mass is 32.2. The van der Waals surface area contributed by atoms with Gasteiger partial charge in [0, 0.05) is 24.9 Å². The normalized spacial score (nSPS) is 18.6. The van der Waals surface area contributed by atoms with Crippen LogP contribution < -0.4 is 5.32 Å². The molecule has 1 aliphatic rings. The van der Waals surface area contributed by atoms with Crippen LogP contribution >= 0.6 is 11.8 Å². The molecule has 1 saturated heterocycles. The van der Waals surface area contributed by atoms with Crippen LogP contribution in [0.4, 0.5) is 4.79 Å². The summed E-state index contributed by atoms with van der Waals surface area (Å²) in [6.45, 7) is 12.9. The number of nitrogens with one attached hydrogen (secondary N) is 1. The van der Waals surface area contributed by atoms with Crippen molar-refractivity contribution in [2.45, 2.75) is 59.1 Å². The van der Waals surface area contributed by atoms with Crippen LogP contribution in [0.2, 0.25) is 0 Å². The fraction of sp³-hybridized carbons (Fsp3) is 0.938.